The summed E-state index contributed by atoms with van der Waals surface area (Å²) in [5.74, 6) is 0.561. The normalized spacial score (nSPS) is 14.6. The van der Waals surface area contributed by atoms with Gasteiger partial charge in [-0.25, -0.2) is 8.42 Å². The number of alkyl halides is 1. The van der Waals surface area contributed by atoms with Crippen LogP contribution in [0.5, 0.6) is 0 Å². The number of sulfonamides is 1. The second-order valence-electron chi connectivity index (χ2n) is 3.32. The first-order chi connectivity index (χ1) is 6.49. The van der Waals surface area contributed by atoms with Gasteiger partial charge in [-0.1, -0.05) is 13.8 Å². The van der Waals surface area contributed by atoms with Crippen molar-refractivity contribution >= 4 is 21.6 Å². The maximum absolute atomic E-state index is 11.8. The van der Waals surface area contributed by atoms with Crippen LogP contribution >= 0.6 is 11.6 Å². The molecule has 0 aliphatic carbocycles. The lowest BCUT2D eigenvalue weighted by Gasteiger charge is -2.26. The first kappa shape index (κ1) is 14.2. The minimum absolute atomic E-state index is 0.0836. The van der Waals surface area contributed by atoms with Crippen molar-refractivity contribution in [2.75, 3.05) is 18.2 Å². The predicted octanol–water partition coefficient (Wildman–Crippen LogP) is 2.07. The lowest BCUT2D eigenvalue weighted by atomic mass is 10.3. The van der Waals surface area contributed by atoms with E-state index >= 15 is 0 Å². The summed E-state index contributed by atoms with van der Waals surface area (Å²) in [7, 11) is -3.10. The summed E-state index contributed by atoms with van der Waals surface area (Å²) in [6.45, 7) is 6.33. The molecule has 0 rings (SSSR count). The molecule has 0 aromatic carbocycles. The number of hydrogen-bond acceptors (Lipinski definition) is 2. The molecule has 0 aliphatic rings. The number of rotatable bonds is 7. The van der Waals surface area contributed by atoms with Gasteiger partial charge in [0.1, 0.15) is 0 Å². The van der Waals surface area contributed by atoms with E-state index in [9.17, 15) is 8.42 Å². The van der Waals surface area contributed by atoms with Crippen molar-refractivity contribution in [3.8, 4) is 0 Å². The molecule has 0 aromatic rings. The highest BCUT2D eigenvalue weighted by Crippen LogP contribution is 2.11. The first-order valence-corrected chi connectivity index (χ1v) is 7.19. The highest BCUT2D eigenvalue weighted by Gasteiger charge is 2.23. The summed E-state index contributed by atoms with van der Waals surface area (Å²) < 4.78 is 25.1. The third-order valence-electron chi connectivity index (χ3n) is 2.29. The number of nitrogens with zero attached hydrogens (tertiary/aromatic N) is 1. The molecule has 0 spiro atoms. The quantitative estimate of drug-likeness (QED) is 0.640. The highest BCUT2D eigenvalue weighted by atomic mass is 35.5. The first-order valence-electron chi connectivity index (χ1n) is 5.05. The van der Waals surface area contributed by atoms with Crippen molar-refractivity contribution in [2.45, 2.75) is 39.7 Å². The zero-order chi connectivity index (χ0) is 11.2. The predicted molar refractivity (Wildman–Crippen MR) is 61.3 cm³/mol. The summed E-state index contributed by atoms with van der Waals surface area (Å²) >= 11 is 5.49. The third-order valence-corrected chi connectivity index (χ3v) is 4.69. The van der Waals surface area contributed by atoms with E-state index in [4.69, 9.17) is 11.6 Å². The summed E-state index contributed by atoms with van der Waals surface area (Å²) in [5, 5.41) is 0. The van der Waals surface area contributed by atoms with Gasteiger partial charge in [0, 0.05) is 18.5 Å². The molecule has 86 valence electrons. The maximum atomic E-state index is 11.8. The minimum atomic E-state index is -3.10. The van der Waals surface area contributed by atoms with Gasteiger partial charge in [-0.15, -0.1) is 11.6 Å². The van der Waals surface area contributed by atoms with E-state index in [1.807, 2.05) is 20.8 Å². The van der Waals surface area contributed by atoms with Gasteiger partial charge in [-0.05, 0) is 19.8 Å². The summed E-state index contributed by atoms with van der Waals surface area (Å²) in [4.78, 5) is 0. The van der Waals surface area contributed by atoms with E-state index in [0.29, 0.717) is 18.8 Å². The SMILES string of the molecule is CCC(C)N(CC)S(=O)(=O)CCCCl. The van der Waals surface area contributed by atoms with Gasteiger partial charge in [-0.3, -0.25) is 0 Å². The van der Waals surface area contributed by atoms with Crippen LogP contribution in [0.25, 0.3) is 0 Å². The Morgan fingerprint density at radius 1 is 1.36 bits per heavy atom. The van der Waals surface area contributed by atoms with Gasteiger partial charge in [-0.2, -0.15) is 4.31 Å². The fourth-order valence-electron chi connectivity index (χ4n) is 1.34. The van der Waals surface area contributed by atoms with Crippen LogP contribution < -0.4 is 0 Å². The molecule has 0 saturated carbocycles. The van der Waals surface area contributed by atoms with Crippen molar-refractivity contribution in [2.24, 2.45) is 0 Å². The van der Waals surface area contributed by atoms with Crippen LogP contribution in [-0.2, 0) is 10.0 Å². The maximum Gasteiger partial charge on any atom is 0.214 e. The van der Waals surface area contributed by atoms with Crippen molar-refractivity contribution in [1.29, 1.82) is 0 Å². The van der Waals surface area contributed by atoms with Gasteiger partial charge in [0.15, 0.2) is 0 Å². The van der Waals surface area contributed by atoms with E-state index < -0.39 is 10.0 Å². The van der Waals surface area contributed by atoms with Crippen molar-refractivity contribution in [3.63, 3.8) is 0 Å². The van der Waals surface area contributed by atoms with Crippen LogP contribution in [0.2, 0.25) is 0 Å². The van der Waals surface area contributed by atoms with E-state index in [2.05, 4.69) is 0 Å². The van der Waals surface area contributed by atoms with E-state index in [-0.39, 0.29) is 11.8 Å². The average molecular weight is 242 g/mol. The van der Waals surface area contributed by atoms with Crippen LogP contribution in [0, 0.1) is 0 Å². The molecule has 1 unspecified atom stereocenters. The Bertz CT molecular complexity index is 241. The van der Waals surface area contributed by atoms with E-state index in [0.717, 1.165) is 6.42 Å². The summed E-state index contributed by atoms with van der Waals surface area (Å²) in [5.41, 5.74) is 0. The molecule has 0 radical (unpaired) electrons. The summed E-state index contributed by atoms with van der Waals surface area (Å²) in [6.07, 6.45) is 1.37. The molecule has 0 aromatic heterocycles. The zero-order valence-electron chi connectivity index (χ0n) is 9.16. The van der Waals surface area contributed by atoms with E-state index in [1.165, 1.54) is 0 Å². The fourth-order valence-corrected chi connectivity index (χ4v) is 3.47. The molecular weight excluding hydrogens is 222 g/mol. The van der Waals surface area contributed by atoms with Crippen molar-refractivity contribution < 1.29 is 8.42 Å². The number of hydrogen-bond donors (Lipinski definition) is 0. The molecule has 5 heteroatoms. The smallest absolute Gasteiger partial charge is 0.212 e. The van der Waals surface area contributed by atoms with Crippen molar-refractivity contribution in [1.82, 2.24) is 4.31 Å². The Balaban J connectivity index is 4.49. The van der Waals surface area contributed by atoms with Crippen LogP contribution in [0.3, 0.4) is 0 Å². The Morgan fingerprint density at radius 2 is 1.93 bits per heavy atom. The topological polar surface area (TPSA) is 37.4 Å². The molecule has 14 heavy (non-hydrogen) atoms. The van der Waals surface area contributed by atoms with E-state index in [1.54, 1.807) is 4.31 Å². The minimum Gasteiger partial charge on any atom is -0.212 e. The third kappa shape index (κ3) is 4.15. The molecule has 0 aliphatic heterocycles. The lowest BCUT2D eigenvalue weighted by molar-refractivity contribution is 0.342. The van der Waals surface area contributed by atoms with Gasteiger partial charge in [0.05, 0.1) is 5.75 Å². The second kappa shape index (κ2) is 6.64. The standard InChI is InChI=1S/C9H20ClNO2S/c1-4-9(3)11(5-2)14(12,13)8-6-7-10/h9H,4-8H2,1-3H3. The Kier molecular flexibility index (Phi) is 6.74. The Morgan fingerprint density at radius 3 is 2.29 bits per heavy atom. The summed E-state index contributed by atoms with van der Waals surface area (Å²) in [6, 6.07) is 0.0836. The molecular formula is C9H20ClNO2S. The van der Waals surface area contributed by atoms with Gasteiger partial charge < -0.3 is 0 Å². The second-order valence-corrected chi connectivity index (χ2v) is 5.74. The molecule has 0 saturated heterocycles. The highest BCUT2D eigenvalue weighted by molar-refractivity contribution is 7.89. The van der Waals surface area contributed by atoms with Crippen molar-refractivity contribution in [3.05, 3.63) is 0 Å². The Labute approximate surface area is 92.5 Å². The molecule has 3 nitrogen and oxygen atoms in total. The van der Waals surface area contributed by atoms with Crippen LogP contribution in [0.4, 0.5) is 0 Å². The monoisotopic (exact) mass is 241 g/mol. The molecule has 0 heterocycles. The average Bonchev–Trinajstić information content (AvgIpc) is 2.15. The molecule has 0 amide bonds. The lowest BCUT2D eigenvalue weighted by Crippen LogP contribution is -2.39. The molecule has 0 N–H and O–H groups in total. The largest absolute Gasteiger partial charge is 0.214 e. The Hall–Kier alpha value is 0.200. The van der Waals surface area contributed by atoms with Gasteiger partial charge >= 0.3 is 0 Å². The zero-order valence-corrected chi connectivity index (χ0v) is 10.7. The van der Waals surface area contributed by atoms with Gasteiger partial charge in [0.2, 0.25) is 10.0 Å². The van der Waals surface area contributed by atoms with Crippen LogP contribution in [0.15, 0.2) is 0 Å². The fraction of sp³-hybridized carbons (Fsp3) is 1.00. The molecule has 1 atom stereocenters. The van der Waals surface area contributed by atoms with Gasteiger partial charge in [0.25, 0.3) is 0 Å². The number of halogens is 1. The van der Waals surface area contributed by atoms with Crippen LogP contribution in [-0.4, -0.2) is 36.9 Å². The molecule has 0 bridgehead atoms. The molecule has 0 fully saturated rings. The van der Waals surface area contributed by atoms with Crippen LogP contribution in [0.1, 0.15) is 33.6 Å².